The lowest BCUT2D eigenvalue weighted by atomic mass is 10.1. The molecule has 1 heterocycles. The molecule has 13 heavy (non-hydrogen) atoms. The Balaban J connectivity index is 2.80. The standard InChI is InChI=1S/C10H7N3/c1-2-9-8-5-7(6-11)3-4-10(8)13-12-9/h2-5H,1H2,(H,12,13). The summed E-state index contributed by atoms with van der Waals surface area (Å²) in [6.45, 7) is 3.64. The van der Waals surface area contributed by atoms with Crippen molar-refractivity contribution in [2.24, 2.45) is 0 Å². The van der Waals surface area contributed by atoms with Crippen LogP contribution in [0.3, 0.4) is 0 Å². The number of fused-ring (bicyclic) bond motifs is 1. The molecule has 0 bridgehead atoms. The highest BCUT2D eigenvalue weighted by Gasteiger charge is 2.02. The number of hydrogen-bond acceptors (Lipinski definition) is 2. The molecule has 0 aliphatic heterocycles. The van der Waals surface area contributed by atoms with E-state index in [1.165, 1.54) is 0 Å². The van der Waals surface area contributed by atoms with E-state index in [1.807, 2.05) is 6.07 Å². The Hall–Kier alpha value is -2.08. The molecule has 2 rings (SSSR count). The fourth-order valence-electron chi connectivity index (χ4n) is 1.26. The lowest BCUT2D eigenvalue weighted by Crippen LogP contribution is -1.74. The molecule has 2 aromatic rings. The van der Waals surface area contributed by atoms with Crippen molar-refractivity contribution < 1.29 is 0 Å². The maximum atomic E-state index is 8.69. The third kappa shape index (κ3) is 1.09. The van der Waals surface area contributed by atoms with Crippen molar-refractivity contribution in [2.45, 2.75) is 0 Å². The number of nitriles is 1. The summed E-state index contributed by atoms with van der Waals surface area (Å²) in [5, 5.41) is 16.5. The molecular weight excluding hydrogens is 162 g/mol. The van der Waals surface area contributed by atoms with Crippen LogP contribution in [0.25, 0.3) is 17.0 Å². The van der Waals surface area contributed by atoms with Crippen LogP contribution in [0.4, 0.5) is 0 Å². The monoisotopic (exact) mass is 169 g/mol. The number of rotatable bonds is 1. The van der Waals surface area contributed by atoms with E-state index in [-0.39, 0.29) is 0 Å². The average molecular weight is 169 g/mol. The molecule has 1 aromatic carbocycles. The first kappa shape index (κ1) is 7.56. The lowest BCUT2D eigenvalue weighted by molar-refractivity contribution is 1.11. The molecule has 1 N–H and O–H groups in total. The minimum Gasteiger partial charge on any atom is -0.277 e. The normalized spacial score (nSPS) is 9.77. The molecule has 0 fully saturated rings. The van der Waals surface area contributed by atoms with E-state index < -0.39 is 0 Å². The van der Waals surface area contributed by atoms with E-state index in [4.69, 9.17) is 5.26 Å². The molecule has 0 unspecified atom stereocenters. The van der Waals surface area contributed by atoms with Gasteiger partial charge in [0.1, 0.15) is 0 Å². The van der Waals surface area contributed by atoms with Crippen molar-refractivity contribution in [1.29, 1.82) is 5.26 Å². The molecule has 1 aromatic heterocycles. The van der Waals surface area contributed by atoms with E-state index in [2.05, 4.69) is 22.8 Å². The van der Waals surface area contributed by atoms with Gasteiger partial charge in [0, 0.05) is 5.39 Å². The number of H-pyrrole nitrogens is 1. The second kappa shape index (κ2) is 2.76. The van der Waals surface area contributed by atoms with Crippen LogP contribution in [0.5, 0.6) is 0 Å². The Morgan fingerprint density at radius 1 is 1.54 bits per heavy atom. The predicted molar refractivity (Wildman–Crippen MR) is 50.9 cm³/mol. The van der Waals surface area contributed by atoms with Crippen LogP contribution in [-0.4, -0.2) is 10.2 Å². The highest BCUT2D eigenvalue weighted by atomic mass is 15.1. The van der Waals surface area contributed by atoms with Crippen LogP contribution in [0, 0.1) is 11.3 Å². The lowest BCUT2D eigenvalue weighted by Gasteiger charge is -1.90. The van der Waals surface area contributed by atoms with Gasteiger partial charge in [0.05, 0.1) is 22.8 Å². The molecule has 0 amide bonds. The van der Waals surface area contributed by atoms with Crippen LogP contribution in [-0.2, 0) is 0 Å². The number of benzene rings is 1. The Bertz CT molecular complexity index is 502. The van der Waals surface area contributed by atoms with Crippen molar-refractivity contribution >= 4 is 17.0 Å². The van der Waals surface area contributed by atoms with Crippen LogP contribution < -0.4 is 0 Å². The second-order valence-corrected chi connectivity index (χ2v) is 2.69. The zero-order valence-electron chi connectivity index (χ0n) is 6.91. The maximum Gasteiger partial charge on any atom is 0.0991 e. The molecule has 0 saturated heterocycles. The largest absolute Gasteiger partial charge is 0.277 e. The summed E-state index contributed by atoms with van der Waals surface area (Å²) in [5.74, 6) is 0. The first-order valence-electron chi connectivity index (χ1n) is 3.86. The molecule has 0 atom stereocenters. The molecule has 0 aliphatic carbocycles. The van der Waals surface area contributed by atoms with Gasteiger partial charge in [-0.3, -0.25) is 5.10 Å². The predicted octanol–water partition coefficient (Wildman–Crippen LogP) is 2.08. The van der Waals surface area contributed by atoms with Gasteiger partial charge in [0.15, 0.2) is 0 Å². The van der Waals surface area contributed by atoms with Gasteiger partial charge in [-0.2, -0.15) is 10.4 Å². The van der Waals surface area contributed by atoms with Gasteiger partial charge in [-0.25, -0.2) is 0 Å². The zero-order valence-corrected chi connectivity index (χ0v) is 6.91. The van der Waals surface area contributed by atoms with Crippen LogP contribution in [0.2, 0.25) is 0 Å². The SMILES string of the molecule is C=Cc1n[nH]c2ccc(C#N)cc12. The Labute approximate surface area is 75.3 Å². The summed E-state index contributed by atoms with van der Waals surface area (Å²) in [6.07, 6.45) is 1.67. The fourth-order valence-corrected chi connectivity index (χ4v) is 1.26. The molecule has 0 aliphatic rings. The van der Waals surface area contributed by atoms with E-state index >= 15 is 0 Å². The Morgan fingerprint density at radius 2 is 2.38 bits per heavy atom. The first-order valence-corrected chi connectivity index (χ1v) is 3.86. The topological polar surface area (TPSA) is 52.5 Å². The van der Waals surface area contributed by atoms with Crippen LogP contribution in [0.15, 0.2) is 24.8 Å². The molecule has 62 valence electrons. The van der Waals surface area contributed by atoms with Crippen molar-refractivity contribution in [3.05, 3.63) is 36.0 Å². The van der Waals surface area contributed by atoms with E-state index in [0.717, 1.165) is 16.6 Å². The summed E-state index contributed by atoms with van der Waals surface area (Å²) in [4.78, 5) is 0. The molecule has 0 radical (unpaired) electrons. The Morgan fingerprint density at radius 3 is 3.08 bits per heavy atom. The van der Waals surface area contributed by atoms with Crippen molar-refractivity contribution in [3.8, 4) is 6.07 Å². The van der Waals surface area contributed by atoms with Gasteiger partial charge in [0.25, 0.3) is 0 Å². The van der Waals surface area contributed by atoms with Gasteiger partial charge in [-0.1, -0.05) is 6.58 Å². The smallest absolute Gasteiger partial charge is 0.0991 e. The zero-order chi connectivity index (χ0) is 9.26. The number of aromatic amines is 1. The van der Waals surface area contributed by atoms with E-state index in [9.17, 15) is 0 Å². The third-order valence-electron chi connectivity index (χ3n) is 1.91. The van der Waals surface area contributed by atoms with E-state index in [0.29, 0.717) is 5.56 Å². The summed E-state index contributed by atoms with van der Waals surface area (Å²) in [7, 11) is 0. The van der Waals surface area contributed by atoms with Crippen molar-refractivity contribution in [1.82, 2.24) is 10.2 Å². The summed E-state index contributed by atoms with van der Waals surface area (Å²) < 4.78 is 0. The quantitative estimate of drug-likeness (QED) is 0.710. The maximum absolute atomic E-state index is 8.69. The summed E-state index contributed by atoms with van der Waals surface area (Å²) >= 11 is 0. The molecule has 0 spiro atoms. The minimum atomic E-state index is 0.636. The fraction of sp³-hybridized carbons (Fsp3) is 0. The molecule has 3 heteroatoms. The Kier molecular flexibility index (Phi) is 1.60. The number of nitrogens with zero attached hydrogens (tertiary/aromatic N) is 2. The van der Waals surface area contributed by atoms with Gasteiger partial charge in [-0.15, -0.1) is 0 Å². The number of hydrogen-bond donors (Lipinski definition) is 1. The highest BCUT2D eigenvalue weighted by Crippen LogP contribution is 2.17. The van der Waals surface area contributed by atoms with E-state index in [1.54, 1.807) is 18.2 Å². The third-order valence-corrected chi connectivity index (χ3v) is 1.91. The summed E-state index contributed by atoms with van der Waals surface area (Å²) in [6, 6.07) is 7.48. The average Bonchev–Trinajstić information content (AvgIpc) is 2.59. The van der Waals surface area contributed by atoms with Crippen molar-refractivity contribution in [2.75, 3.05) is 0 Å². The second-order valence-electron chi connectivity index (χ2n) is 2.69. The minimum absolute atomic E-state index is 0.636. The molecule has 3 nitrogen and oxygen atoms in total. The van der Waals surface area contributed by atoms with Gasteiger partial charge >= 0.3 is 0 Å². The highest BCUT2D eigenvalue weighted by molar-refractivity contribution is 5.87. The van der Waals surface area contributed by atoms with Crippen LogP contribution in [0.1, 0.15) is 11.3 Å². The van der Waals surface area contributed by atoms with Crippen molar-refractivity contribution in [3.63, 3.8) is 0 Å². The first-order chi connectivity index (χ1) is 6.35. The molecule has 0 saturated carbocycles. The number of nitrogens with one attached hydrogen (secondary N) is 1. The van der Waals surface area contributed by atoms with Gasteiger partial charge in [0.2, 0.25) is 0 Å². The van der Waals surface area contributed by atoms with Gasteiger partial charge < -0.3 is 0 Å². The number of aromatic nitrogens is 2. The summed E-state index contributed by atoms with van der Waals surface area (Å²) in [5.41, 5.74) is 2.35. The van der Waals surface area contributed by atoms with Gasteiger partial charge in [-0.05, 0) is 24.3 Å². The molecular formula is C10H7N3. The van der Waals surface area contributed by atoms with Crippen LogP contribution >= 0.6 is 0 Å².